The molecule has 28 heavy (non-hydrogen) atoms. The second-order valence-electron chi connectivity index (χ2n) is 6.01. The first-order valence-electron chi connectivity index (χ1n) is 8.46. The normalized spacial score (nSPS) is 14.8. The molecule has 0 spiro atoms. The Balaban J connectivity index is 0.00000280. The highest BCUT2D eigenvalue weighted by atomic mass is 127. The van der Waals surface area contributed by atoms with Gasteiger partial charge in [-0.1, -0.05) is 0 Å². The summed E-state index contributed by atoms with van der Waals surface area (Å²) < 4.78 is 41.8. The molecule has 0 radical (unpaired) electrons. The third-order valence-electron chi connectivity index (χ3n) is 4.23. The van der Waals surface area contributed by atoms with Gasteiger partial charge >= 0.3 is 6.61 Å². The lowest BCUT2D eigenvalue weighted by molar-refractivity contribution is -0.0528. The van der Waals surface area contributed by atoms with Crippen molar-refractivity contribution in [3.05, 3.63) is 54.0 Å². The maximum Gasteiger partial charge on any atom is 0.388 e. The van der Waals surface area contributed by atoms with Crippen LogP contribution in [-0.4, -0.2) is 48.6 Å². The van der Waals surface area contributed by atoms with E-state index < -0.39 is 6.61 Å². The van der Waals surface area contributed by atoms with Crippen LogP contribution in [0.25, 0.3) is 0 Å². The number of hydrogen-bond acceptors (Lipinski definition) is 4. The van der Waals surface area contributed by atoms with Gasteiger partial charge in [-0.15, -0.1) is 24.0 Å². The number of guanidine groups is 1. The molecule has 0 bridgehead atoms. The van der Waals surface area contributed by atoms with Crippen LogP contribution < -0.4 is 15.4 Å². The van der Waals surface area contributed by atoms with Gasteiger partial charge in [-0.3, -0.25) is 0 Å². The highest BCUT2D eigenvalue weighted by Crippen LogP contribution is 2.17. The standard InChI is InChI=1S/C18H20F3N5O.HI/c19-14-1-3-15(4-2-14)25-7-9-26(10-8-25)18(22)24-12-13-5-6-23-16(11-13)27-17(20)21;/h1-6,11,17H,7-10,12H2,(H2,22,24);1H. The summed E-state index contributed by atoms with van der Waals surface area (Å²) in [7, 11) is 0. The summed E-state index contributed by atoms with van der Waals surface area (Å²) in [4.78, 5) is 12.2. The van der Waals surface area contributed by atoms with Crippen molar-refractivity contribution in [2.24, 2.45) is 10.7 Å². The lowest BCUT2D eigenvalue weighted by Crippen LogP contribution is -2.51. The van der Waals surface area contributed by atoms with E-state index in [1.165, 1.54) is 24.4 Å². The van der Waals surface area contributed by atoms with Gasteiger partial charge in [0.1, 0.15) is 5.82 Å². The van der Waals surface area contributed by atoms with Crippen molar-refractivity contribution in [1.29, 1.82) is 0 Å². The molecule has 152 valence electrons. The molecule has 6 nitrogen and oxygen atoms in total. The predicted molar refractivity (Wildman–Crippen MR) is 112 cm³/mol. The molecule has 0 atom stereocenters. The molecular formula is C18H21F3IN5O. The van der Waals surface area contributed by atoms with Gasteiger partial charge in [-0.2, -0.15) is 8.78 Å². The van der Waals surface area contributed by atoms with Crippen LogP contribution in [0.1, 0.15) is 5.56 Å². The Morgan fingerprint density at radius 1 is 1.14 bits per heavy atom. The fourth-order valence-electron chi connectivity index (χ4n) is 2.82. The summed E-state index contributed by atoms with van der Waals surface area (Å²) >= 11 is 0. The van der Waals surface area contributed by atoms with Crippen LogP contribution in [0.5, 0.6) is 5.88 Å². The molecular weight excluding hydrogens is 486 g/mol. The Morgan fingerprint density at radius 2 is 1.82 bits per heavy atom. The zero-order chi connectivity index (χ0) is 19.2. The minimum Gasteiger partial charge on any atom is -0.417 e. The molecule has 0 aliphatic carbocycles. The van der Waals surface area contributed by atoms with Crippen molar-refractivity contribution in [3.63, 3.8) is 0 Å². The Kier molecular flexibility index (Phi) is 8.15. The van der Waals surface area contributed by atoms with Gasteiger partial charge in [0.05, 0.1) is 6.54 Å². The van der Waals surface area contributed by atoms with Crippen LogP contribution >= 0.6 is 24.0 Å². The quantitative estimate of drug-likeness (QED) is 0.383. The third-order valence-corrected chi connectivity index (χ3v) is 4.23. The first kappa shape index (κ1) is 22.1. The van der Waals surface area contributed by atoms with Crippen molar-refractivity contribution < 1.29 is 17.9 Å². The van der Waals surface area contributed by atoms with Crippen LogP contribution in [-0.2, 0) is 6.54 Å². The van der Waals surface area contributed by atoms with Gasteiger partial charge in [0.15, 0.2) is 5.96 Å². The lowest BCUT2D eigenvalue weighted by atomic mass is 10.2. The van der Waals surface area contributed by atoms with E-state index in [1.54, 1.807) is 18.2 Å². The number of halogens is 4. The monoisotopic (exact) mass is 507 g/mol. The van der Waals surface area contributed by atoms with E-state index in [1.807, 2.05) is 4.90 Å². The fourth-order valence-corrected chi connectivity index (χ4v) is 2.82. The van der Waals surface area contributed by atoms with Crippen molar-refractivity contribution in [3.8, 4) is 5.88 Å². The molecule has 2 N–H and O–H groups in total. The van der Waals surface area contributed by atoms with Crippen molar-refractivity contribution >= 4 is 35.6 Å². The number of benzene rings is 1. The largest absolute Gasteiger partial charge is 0.417 e. The van der Waals surface area contributed by atoms with Crippen LogP contribution in [0.15, 0.2) is 47.6 Å². The molecule has 1 saturated heterocycles. The Morgan fingerprint density at radius 3 is 2.46 bits per heavy atom. The van der Waals surface area contributed by atoms with E-state index in [0.717, 1.165) is 18.8 Å². The highest BCUT2D eigenvalue weighted by molar-refractivity contribution is 14.0. The maximum atomic E-state index is 13.0. The SMILES string of the molecule is I.NC(=NCc1ccnc(OC(F)F)c1)N1CCN(c2ccc(F)cc2)CC1. The van der Waals surface area contributed by atoms with Crippen LogP contribution in [0.4, 0.5) is 18.9 Å². The van der Waals surface area contributed by atoms with Crippen molar-refractivity contribution in [1.82, 2.24) is 9.88 Å². The van der Waals surface area contributed by atoms with E-state index in [-0.39, 0.29) is 42.2 Å². The molecule has 3 rings (SSSR count). The third kappa shape index (κ3) is 6.14. The second kappa shape index (κ2) is 10.3. The lowest BCUT2D eigenvalue weighted by Gasteiger charge is -2.36. The van der Waals surface area contributed by atoms with Gasteiger partial charge in [0.2, 0.25) is 5.88 Å². The van der Waals surface area contributed by atoms with Gasteiger partial charge in [-0.25, -0.2) is 14.4 Å². The number of aromatic nitrogens is 1. The number of rotatable bonds is 5. The smallest absolute Gasteiger partial charge is 0.388 e. The van der Waals surface area contributed by atoms with Crippen LogP contribution in [0.3, 0.4) is 0 Å². The first-order chi connectivity index (χ1) is 13.0. The molecule has 1 aliphatic rings. The molecule has 2 aromatic rings. The molecule has 0 saturated carbocycles. The van der Waals surface area contributed by atoms with E-state index in [0.29, 0.717) is 24.6 Å². The topological polar surface area (TPSA) is 67.0 Å². The van der Waals surface area contributed by atoms with E-state index in [4.69, 9.17) is 5.73 Å². The summed E-state index contributed by atoms with van der Waals surface area (Å²) in [5, 5.41) is 0. The Labute approximate surface area is 178 Å². The predicted octanol–water partition coefficient (Wildman–Crippen LogP) is 3.08. The van der Waals surface area contributed by atoms with Gasteiger partial charge < -0.3 is 20.3 Å². The zero-order valence-corrected chi connectivity index (χ0v) is 17.3. The summed E-state index contributed by atoms with van der Waals surface area (Å²) in [6, 6.07) is 9.48. The van der Waals surface area contributed by atoms with Crippen LogP contribution in [0, 0.1) is 5.82 Å². The number of anilines is 1. The molecule has 0 amide bonds. The van der Waals surface area contributed by atoms with E-state index in [2.05, 4.69) is 19.6 Å². The number of alkyl halides is 2. The summed E-state index contributed by atoms with van der Waals surface area (Å²) in [5.74, 6) is -0.0157. The second-order valence-corrected chi connectivity index (χ2v) is 6.01. The number of hydrogen-bond donors (Lipinski definition) is 1. The summed E-state index contributed by atoms with van der Waals surface area (Å²) in [5.41, 5.74) is 7.70. The van der Waals surface area contributed by atoms with Gasteiger partial charge in [-0.05, 0) is 35.9 Å². The molecule has 1 fully saturated rings. The van der Waals surface area contributed by atoms with Crippen molar-refractivity contribution in [2.45, 2.75) is 13.2 Å². The number of piperazine rings is 1. The average molecular weight is 507 g/mol. The van der Waals surface area contributed by atoms with Crippen LogP contribution in [0.2, 0.25) is 0 Å². The maximum absolute atomic E-state index is 13.0. The first-order valence-corrected chi connectivity index (χ1v) is 8.46. The average Bonchev–Trinajstić information content (AvgIpc) is 2.67. The Hall–Kier alpha value is -2.24. The molecule has 0 unspecified atom stereocenters. The summed E-state index contributed by atoms with van der Waals surface area (Å²) in [6.45, 7) is 0.170. The van der Waals surface area contributed by atoms with Gasteiger partial charge in [0, 0.05) is 44.1 Å². The van der Waals surface area contributed by atoms with E-state index >= 15 is 0 Å². The molecule has 10 heteroatoms. The number of pyridine rings is 1. The highest BCUT2D eigenvalue weighted by Gasteiger charge is 2.18. The Bertz CT molecular complexity index is 783. The molecule has 1 aliphatic heterocycles. The minimum absolute atomic E-state index is 0. The summed E-state index contributed by atoms with van der Waals surface area (Å²) in [6.07, 6.45) is 1.39. The van der Waals surface area contributed by atoms with Gasteiger partial charge in [0.25, 0.3) is 0 Å². The molecule has 2 heterocycles. The minimum atomic E-state index is -2.92. The number of aliphatic imine (C=N–C) groups is 1. The number of ether oxygens (including phenoxy) is 1. The molecule has 1 aromatic heterocycles. The number of nitrogens with zero attached hydrogens (tertiary/aromatic N) is 4. The molecule has 1 aromatic carbocycles. The zero-order valence-electron chi connectivity index (χ0n) is 15.0. The van der Waals surface area contributed by atoms with Crippen molar-refractivity contribution in [2.75, 3.05) is 31.1 Å². The fraction of sp³-hybridized carbons (Fsp3) is 0.333. The number of nitrogens with two attached hydrogens (primary N) is 1. The van der Waals surface area contributed by atoms with E-state index in [9.17, 15) is 13.2 Å².